The van der Waals surface area contributed by atoms with Gasteiger partial charge in [-0.2, -0.15) is 0 Å². The normalized spacial score (nSPS) is 28.2. The Morgan fingerprint density at radius 3 is 2.34 bits per heavy atom. The van der Waals surface area contributed by atoms with Gasteiger partial charge in [0.05, 0.1) is 7.11 Å². The van der Waals surface area contributed by atoms with Crippen LogP contribution in [0.2, 0.25) is 0 Å². The third-order valence-corrected chi connectivity index (χ3v) is 10.1. The van der Waals surface area contributed by atoms with Gasteiger partial charge in [0.1, 0.15) is 5.75 Å². The first-order chi connectivity index (χ1) is 18.1. The lowest BCUT2D eigenvalue weighted by atomic mass is 9.72. The number of aryl methyl sites for hydroxylation is 1. The molecule has 38 heavy (non-hydrogen) atoms. The molecule has 208 valence electrons. The fourth-order valence-corrected chi connectivity index (χ4v) is 8.10. The van der Waals surface area contributed by atoms with Crippen LogP contribution in [-0.4, -0.2) is 53.4 Å². The van der Waals surface area contributed by atoms with E-state index in [-0.39, 0.29) is 28.5 Å². The van der Waals surface area contributed by atoms with E-state index in [0.717, 1.165) is 36.6 Å². The molecule has 1 saturated carbocycles. The molecule has 0 radical (unpaired) electrons. The summed E-state index contributed by atoms with van der Waals surface area (Å²) in [5.41, 5.74) is 6.57. The van der Waals surface area contributed by atoms with Gasteiger partial charge in [0.2, 0.25) is 0 Å². The van der Waals surface area contributed by atoms with E-state index in [1.54, 1.807) is 13.2 Å². The monoisotopic (exact) mass is 584 g/mol. The SMILES string of the molecule is Br.COc1c(C)ccc2c1CC[C@@H]1NCCC[C@@H]21.Oc1ccc2c(c1O)CC[C@H]1[C@H]2CCCN1C1CCC1. The van der Waals surface area contributed by atoms with Crippen molar-refractivity contribution in [2.24, 2.45) is 0 Å². The molecule has 3 fully saturated rings. The summed E-state index contributed by atoms with van der Waals surface area (Å²) in [6, 6.07) is 10.4. The zero-order valence-electron chi connectivity index (χ0n) is 23.0. The molecule has 6 heteroatoms. The standard InChI is InChI=1S/C17H23NO2.C15H21NO.BrH/c19-16-9-7-12-13-5-2-10-18(11-3-1-4-11)15(13)8-6-14(12)17(16)20;1-10-5-6-11-12-4-3-9-16-14(12)8-7-13(11)15(10)17-2;/h7,9,11,13,15,19-20H,1-6,8,10H2;5-6,12,14,16H,3-4,7-9H2,1-2H3;1H/t13-,15-;12-,14-;/m00./s1. The highest BCUT2D eigenvalue weighted by molar-refractivity contribution is 8.93. The molecule has 2 aliphatic heterocycles. The molecule has 7 rings (SSSR count). The van der Waals surface area contributed by atoms with Gasteiger partial charge >= 0.3 is 0 Å². The zero-order valence-corrected chi connectivity index (χ0v) is 24.8. The number of likely N-dealkylation sites (tertiary alicyclic amines) is 1. The Balaban J connectivity index is 0.000000153. The fraction of sp³-hybridized carbons (Fsp3) is 0.625. The van der Waals surface area contributed by atoms with Crippen molar-refractivity contribution in [3.05, 3.63) is 52.1 Å². The molecule has 0 amide bonds. The third kappa shape index (κ3) is 4.97. The van der Waals surface area contributed by atoms with Gasteiger partial charge in [0.15, 0.2) is 11.5 Å². The van der Waals surface area contributed by atoms with Crippen molar-refractivity contribution in [3.8, 4) is 17.2 Å². The fourth-order valence-electron chi connectivity index (χ4n) is 8.10. The minimum Gasteiger partial charge on any atom is -0.504 e. The van der Waals surface area contributed by atoms with Crippen molar-refractivity contribution < 1.29 is 14.9 Å². The van der Waals surface area contributed by atoms with Crippen molar-refractivity contribution in [2.75, 3.05) is 20.2 Å². The molecule has 2 aromatic carbocycles. The first-order valence-corrected chi connectivity index (χ1v) is 14.8. The summed E-state index contributed by atoms with van der Waals surface area (Å²) in [5, 5.41) is 23.5. The topological polar surface area (TPSA) is 65.0 Å². The number of fused-ring (bicyclic) bond motifs is 6. The highest BCUT2D eigenvalue weighted by Gasteiger charge is 2.41. The Kier molecular flexibility index (Phi) is 8.61. The van der Waals surface area contributed by atoms with E-state index >= 15 is 0 Å². The van der Waals surface area contributed by atoms with Crippen LogP contribution in [0.3, 0.4) is 0 Å². The molecule has 3 N–H and O–H groups in total. The lowest BCUT2D eigenvalue weighted by Crippen LogP contribution is -2.53. The van der Waals surface area contributed by atoms with Gasteiger partial charge in [-0.1, -0.05) is 24.6 Å². The number of hydrogen-bond donors (Lipinski definition) is 3. The number of benzene rings is 2. The van der Waals surface area contributed by atoms with Gasteiger partial charge in [0, 0.05) is 23.7 Å². The second-order valence-electron chi connectivity index (χ2n) is 12.0. The van der Waals surface area contributed by atoms with Crippen LogP contribution in [0.4, 0.5) is 0 Å². The number of nitrogens with one attached hydrogen (secondary N) is 1. The average molecular weight is 586 g/mol. The second kappa shape index (κ2) is 11.8. The molecule has 5 nitrogen and oxygen atoms in total. The van der Waals surface area contributed by atoms with E-state index in [4.69, 9.17) is 4.74 Å². The number of ether oxygens (including phenoxy) is 1. The van der Waals surface area contributed by atoms with E-state index in [0.29, 0.717) is 23.9 Å². The number of piperidine rings is 2. The van der Waals surface area contributed by atoms with E-state index in [1.165, 1.54) is 86.7 Å². The van der Waals surface area contributed by atoms with Crippen molar-refractivity contribution in [1.29, 1.82) is 0 Å². The summed E-state index contributed by atoms with van der Waals surface area (Å²) in [6.07, 6.45) is 13.7. The number of halogens is 1. The van der Waals surface area contributed by atoms with Gasteiger partial charge in [-0.3, -0.25) is 4.90 Å². The predicted molar refractivity (Wildman–Crippen MR) is 158 cm³/mol. The minimum absolute atomic E-state index is 0. The maximum atomic E-state index is 10.1. The third-order valence-electron chi connectivity index (χ3n) is 10.1. The van der Waals surface area contributed by atoms with Crippen molar-refractivity contribution in [3.63, 3.8) is 0 Å². The predicted octanol–water partition coefficient (Wildman–Crippen LogP) is 6.51. The summed E-state index contributed by atoms with van der Waals surface area (Å²) in [4.78, 5) is 2.75. The van der Waals surface area contributed by atoms with E-state index in [2.05, 4.69) is 29.3 Å². The van der Waals surface area contributed by atoms with Gasteiger partial charge in [-0.05, 0) is 124 Å². The van der Waals surface area contributed by atoms with Gasteiger partial charge in [-0.25, -0.2) is 0 Å². The first-order valence-electron chi connectivity index (χ1n) is 14.8. The molecular formula is C32H45BrN2O3. The van der Waals surface area contributed by atoms with Crippen LogP contribution in [0.1, 0.15) is 97.4 Å². The smallest absolute Gasteiger partial charge is 0.160 e. The van der Waals surface area contributed by atoms with Gasteiger partial charge < -0.3 is 20.3 Å². The van der Waals surface area contributed by atoms with Crippen LogP contribution in [0.15, 0.2) is 24.3 Å². The van der Waals surface area contributed by atoms with Crippen LogP contribution >= 0.6 is 17.0 Å². The lowest BCUT2D eigenvalue weighted by molar-refractivity contribution is 0.0308. The zero-order chi connectivity index (χ0) is 25.5. The molecule has 3 aliphatic carbocycles. The van der Waals surface area contributed by atoms with Gasteiger partial charge in [-0.15, -0.1) is 17.0 Å². The van der Waals surface area contributed by atoms with Crippen LogP contribution in [-0.2, 0) is 12.8 Å². The molecule has 4 atom stereocenters. The van der Waals surface area contributed by atoms with Crippen molar-refractivity contribution >= 4 is 17.0 Å². The Morgan fingerprint density at radius 1 is 0.842 bits per heavy atom. The molecule has 0 aromatic heterocycles. The number of methoxy groups -OCH3 is 1. The highest BCUT2D eigenvalue weighted by Crippen LogP contribution is 2.47. The van der Waals surface area contributed by atoms with Crippen molar-refractivity contribution in [1.82, 2.24) is 10.2 Å². The maximum absolute atomic E-state index is 10.1. The summed E-state index contributed by atoms with van der Waals surface area (Å²) in [7, 11) is 1.80. The van der Waals surface area contributed by atoms with Crippen LogP contribution in [0, 0.1) is 6.92 Å². The minimum atomic E-state index is 0. The molecular weight excluding hydrogens is 540 g/mol. The van der Waals surface area contributed by atoms with Crippen LogP contribution < -0.4 is 10.1 Å². The summed E-state index contributed by atoms with van der Waals surface area (Å²) >= 11 is 0. The average Bonchev–Trinajstić information content (AvgIpc) is 2.90. The Labute approximate surface area is 238 Å². The van der Waals surface area contributed by atoms with Crippen LogP contribution in [0.5, 0.6) is 17.2 Å². The summed E-state index contributed by atoms with van der Waals surface area (Å²) in [5.74, 6) is 2.56. The Hall–Kier alpha value is -1.76. The number of rotatable bonds is 2. The van der Waals surface area contributed by atoms with E-state index < -0.39 is 0 Å². The second-order valence-corrected chi connectivity index (χ2v) is 12.0. The molecule has 2 saturated heterocycles. The largest absolute Gasteiger partial charge is 0.504 e. The molecule has 0 unspecified atom stereocenters. The number of phenols is 2. The molecule has 0 bridgehead atoms. The van der Waals surface area contributed by atoms with Gasteiger partial charge in [0.25, 0.3) is 0 Å². The Morgan fingerprint density at radius 2 is 1.58 bits per heavy atom. The number of nitrogens with zero attached hydrogens (tertiary/aromatic N) is 1. The quantitative estimate of drug-likeness (QED) is 0.351. The summed E-state index contributed by atoms with van der Waals surface area (Å²) in [6.45, 7) is 4.59. The number of hydrogen-bond acceptors (Lipinski definition) is 5. The number of aromatic hydroxyl groups is 2. The van der Waals surface area contributed by atoms with E-state index in [1.807, 2.05) is 6.07 Å². The highest BCUT2D eigenvalue weighted by atomic mass is 79.9. The lowest BCUT2D eigenvalue weighted by Gasteiger charge is -2.50. The molecule has 5 aliphatic rings. The summed E-state index contributed by atoms with van der Waals surface area (Å²) < 4.78 is 5.60. The molecule has 0 spiro atoms. The Bertz CT molecular complexity index is 1130. The molecule has 2 aromatic rings. The molecule has 2 heterocycles. The van der Waals surface area contributed by atoms with E-state index in [9.17, 15) is 10.2 Å². The first kappa shape index (κ1) is 27.8. The number of phenolic OH excluding ortho intramolecular Hbond substituents is 2. The maximum Gasteiger partial charge on any atom is 0.160 e. The van der Waals surface area contributed by atoms with Crippen LogP contribution in [0.25, 0.3) is 0 Å². The van der Waals surface area contributed by atoms with Crippen molar-refractivity contribution in [2.45, 2.75) is 108 Å².